The van der Waals surface area contributed by atoms with Crippen LogP contribution in [0.1, 0.15) is 17.9 Å². The fraction of sp³-hybridized carbons (Fsp3) is 0.250. The van der Waals surface area contributed by atoms with Crippen molar-refractivity contribution in [2.45, 2.75) is 6.85 Å². The van der Waals surface area contributed by atoms with Gasteiger partial charge in [0.25, 0.3) is 0 Å². The van der Waals surface area contributed by atoms with Gasteiger partial charge in [-0.15, -0.1) is 0 Å². The van der Waals surface area contributed by atoms with E-state index in [0.29, 0.717) is 0 Å². The molecule has 0 unspecified atom stereocenters. The summed E-state index contributed by atoms with van der Waals surface area (Å²) in [5.74, 6) is -0.577. The summed E-state index contributed by atoms with van der Waals surface area (Å²) in [7, 11) is -2.89. The summed E-state index contributed by atoms with van der Waals surface area (Å²) in [5, 5.41) is 0. The second-order valence-corrected chi connectivity index (χ2v) is 2.29. The Morgan fingerprint density at radius 2 is 2.60 bits per heavy atom. The zero-order valence-electron chi connectivity index (χ0n) is 13.8. The van der Waals surface area contributed by atoms with E-state index in [2.05, 4.69) is 20.7 Å². The minimum absolute atomic E-state index is 0.311. The van der Waals surface area contributed by atoms with Crippen LogP contribution in [0.15, 0.2) is 22.6 Å². The summed E-state index contributed by atoms with van der Waals surface area (Å²) >= 11 is 2.85. The maximum Gasteiger partial charge on any atom is 0.133 e. The Morgan fingerprint density at radius 3 is 3.30 bits per heavy atom. The first-order chi connectivity index (χ1) is 8.36. The predicted octanol–water partition coefficient (Wildman–Crippen LogP) is 2.77. The van der Waals surface area contributed by atoms with E-state index in [1.165, 1.54) is 0 Å². The van der Waals surface area contributed by atoms with E-state index >= 15 is 0 Å². The second-order valence-electron chi connectivity index (χ2n) is 1.50. The molecule has 2 heteroatoms. The van der Waals surface area contributed by atoms with Gasteiger partial charge in [0, 0.05) is 4.11 Å². The van der Waals surface area contributed by atoms with Crippen molar-refractivity contribution in [1.82, 2.24) is 0 Å². The first-order valence-corrected chi connectivity index (χ1v) is 3.14. The molecule has 0 aliphatic rings. The molecule has 1 nitrogen and oxygen atoms in total. The van der Waals surface area contributed by atoms with Crippen molar-refractivity contribution in [3.63, 3.8) is 0 Å². The van der Waals surface area contributed by atoms with Gasteiger partial charge in [0.2, 0.25) is 0 Å². The zero-order chi connectivity index (χ0) is 15.2. The van der Waals surface area contributed by atoms with E-state index < -0.39 is 43.3 Å². The van der Waals surface area contributed by atoms with Crippen LogP contribution in [0.3, 0.4) is 0 Å². The van der Waals surface area contributed by atoms with Gasteiger partial charge in [-0.1, -0.05) is 12.1 Å². The van der Waals surface area contributed by atoms with Crippen LogP contribution in [0.4, 0.5) is 0 Å². The van der Waals surface area contributed by atoms with E-state index in [4.69, 9.17) is 12.3 Å². The first kappa shape index (κ1) is 2.01. The largest absolute Gasteiger partial charge is 0.496 e. The van der Waals surface area contributed by atoms with E-state index in [0.717, 1.165) is 0 Å². The number of hydrogen-bond acceptors (Lipinski definition) is 1. The van der Waals surface area contributed by atoms with E-state index in [-0.39, 0.29) is 4.47 Å². The average Bonchev–Trinajstić information content (AvgIpc) is 2.18. The molecule has 0 aromatic heterocycles. The minimum atomic E-state index is -2.89. The Balaban J connectivity index is 3.62. The van der Waals surface area contributed by atoms with Crippen LogP contribution in [0.25, 0.3) is 0 Å². The molecule has 0 aliphatic heterocycles. The summed E-state index contributed by atoms with van der Waals surface area (Å²) in [6, 6.07) is -2.01. The molecule has 1 aromatic rings. The molecule has 0 saturated heterocycles. The molecular formula is C8H9BrO. The number of methoxy groups -OCH3 is 1. The van der Waals surface area contributed by atoms with Crippen molar-refractivity contribution in [2.24, 2.45) is 0 Å². The van der Waals surface area contributed by atoms with Crippen molar-refractivity contribution in [1.29, 1.82) is 0 Å². The standard InChI is InChI=1S/C8H9BrO/c1-6-4-3-5-7(10-2)8(6)9/h3-5H,1-2H3/i1D3,2D3,3D,4D,5D. The van der Waals surface area contributed by atoms with Gasteiger partial charge in [-0.3, -0.25) is 0 Å². The quantitative estimate of drug-likeness (QED) is 0.692. The molecule has 0 spiro atoms. The zero-order valence-corrected chi connectivity index (χ0v) is 6.37. The third-order valence-corrected chi connectivity index (χ3v) is 1.64. The number of ether oxygens (including phenoxy) is 1. The fourth-order valence-corrected chi connectivity index (χ4v) is 0.723. The van der Waals surface area contributed by atoms with Crippen LogP contribution in [-0.2, 0) is 0 Å². The van der Waals surface area contributed by atoms with Crippen LogP contribution < -0.4 is 4.74 Å². The lowest BCUT2D eigenvalue weighted by molar-refractivity contribution is 0.412. The highest BCUT2D eigenvalue weighted by Gasteiger charge is 1.99. The highest BCUT2D eigenvalue weighted by atomic mass is 79.9. The SMILES string of the molecule is [2H]c1c([2H])c(OC([2H])([2H])[2H])c(Br)c(C([2H])([2H])[2H])c1[2H]. The maximum absolute atomic E-state index is 7.57. The molecule has 1 aromatic carbocycles. The minimum Gasteiger partial charge on any atom is -0.496 e. The Labute approximate surface area is 81.8 Å². The second kappa shape index (κ2) is 3.06. The van der Waals surface area contributed by atoms with Gasteiger partial charge in [0.05, 0.1) is 19.7 Å². The van der Waals surface area contributed by atoms with Crippen LogP contribution in [0.5, 0.6) is 5.75 Å². The van der Waals surface area contributed by atoms with Gasteiger partial charge in [-0.05, 0) is 34.4 Å². The summed E-state index contributed by atoms with van der Waals surface area (Å²) in [6.07, 6.45) is 0. The van der Waals surface area contributed by atoms with Gasteiger partial charge < -0.3 is 4.74 Å². The van der Waals surface area contributed by atoms with E-state index in [9.17, 15) is 0 Å². The number of rotatable bonds is 1. The highest BCUT2D eigenvalue weighted by molar-refractivity contribution is 9.10. The molecule has 0 atom stereocenters. The number of halogens is 1. The topological polar surface area (TPSA) is 9.23 Å². The van der Waals surface area contributed by atoms with Crippen LogP contribution >= 0.6 is 15.9 Å². The molecule has 0 bridgehead atoms. The lowest BCUT2D eigenvalue weighted by Crippen LogP contribution is -1.85. The van der Waals surface area contributed by atoms with Gasteiger partial charge >= 0.3 is 0 Å². The fourth-order valence-electron chi connectivity index (χ4n) is 0.444. The molecule has 0 radical (unpaired) electrons. The van der Waals surface area contributed by atoms with E-state index in [1.807, 2.05) is 0 Å². The van der Waals surface area contributed by atoms with Crippen molar-refractivity contribution < 1.29 is 17.1 Å². The molecule has 0 fully saturated rings. The Morgan fingerprint density at radius 1 is 1.70 bits per heavy atom. The number of hydrogen-bond donors (Lipinski definition) is 0. The Hall–Kier alpha value is -0.500. The molecule has 10 heavy (non-hydrogen) atoms. The van der Waals surface area contributed by atoms with Crippen molar-refractivity contribution in [3.8, 4) is 5.75 Å². The molecule has 0 saturated carbocycles. The maximum atomic E-state index is 7.57. The molecular weight excluding hydrogens is 192 g/mol. The van der Waals surface area contributed by atoms with Gasteiger partial charge in [-0.2, -0.15) is 0 Å². The molecule has 0 amide bonds. The average molecular weight is 210 g/mol. The number of benzene rings is 1. The Kier molecular flexibility index (Phi) is 0.614. The lowest BCUT2D eigenvalue weighted by atomic mass is 10.2. The third kappa shape index (κ3) is 1.32. The normalized spacial score (nSPS) is 25.1. The highest BCUT2D eigenvalue weighted by Crippen LogP contribution is 2.27. The predicted molar refractivity (Wildman–Crippen MR) is 45.4 cm³/mol. The van der Waals surface area contributed by atoms with Gasteiger partial charge in [-0.25, -0.2) is 0 Å². The lowest BCUT2D eigenvalue weighted by Gasteiger charge is -2.03. The van der Waals surface area contributed by atoms with Crippen LogP contribution in [-0.4, -0.2) is 7.04 Å². The summed E-state index contributed by atoms with van der Waals surface area (Å²) in [6.45, 7) is -2.73. The molecule has 0 N–H and O–H groups in total. The van der Waals surface area contributed by atoms with Crippen molar-refractivity contribution in [3.05, 3.63) is 28.2 Å². The van der Waals surface area contributed by atoms with Crippen LogP contribution in [0.2, 0.25) is 0 Å². The first-order valence-electron chi connectivity index (χ1n) is 6.85. The summed E-state index contributed by atoms with van der Waals surface area (Å²) in [4.78, 5) is 0. The molecule has 0 heterocycles. The van der Waals surface area contributed by atoms with E-state index in [1.54, 1.807) is 0 Å². The molecule has 1 rings (SSSR count). The molecule has 54 valence electrons. The summed E-state index contributed by atoms with van der Waals surface area (Å²) in [5.41, 5.74) is -0.548. The van der Waals surface area contributed by atoms with Crippen molar-refractivity contribution in [2.75, 3.05) is 7.04 Å². The van der Waals surface area contributed by atoms with Gasteiger partial charge in [0.15, 0.2) is 0 Å². The monoisotopic (exact) mass is 209 g/mol. The molecule has 0 aliphatic carbocycles. The Bertz CT molecular complexity index is 505. The van der Waals surface area contributed by atoms with Crippen molar-refractivity contribution >= 4 is 15.9 Å². The van der Waals surface area contributed by atoms with Crippen LogP contribution in [0, 0.1) is 6.85 Å². The van der Waals surface area contributed by atoms with Gasteiger partial charge in [0.1, 0.15) is 5.75 Å². The third-order valence-electron chi connectivity index (χ3n) is 0.884. The summed E-state index contributed by atoms with van der Waals surface area (Å²) < 4.78 is 69.7. The smallest absolute Gasteiger partial charge is 0.133 e.